The van der Waals surface area contributed by atoms with Gasteiger partial charge in [-0.1, -0.05) is 23.8 Å². The van der Waals surface area contributed by atoms with Crippen LogP contribution in [0.25, 0.3) is 5.57 Å². The van der Waals surface area contributed by atoms with E-state index < -0.39 is 5.97 Å². The van der Waals surface area contributed by atoms with Crippen molar-refractivity contribution in [3.8, 4) is 5.75 Å². The lowest BCUT2D eigenvalue weighted by atomic mass is 9.90. The average molecular weight is 280 g/mol. The van der Waals surface area contributed by atoms with Gasteiger partial charge in [-0.05, 0) is 54.8 Å². The molecule has 2 aromatic rings. The summed E-state index contributed by atoms with van der Waals surface area (Å²) >= 11 is 0. The Morgan fingerprint density at radius 2 is 1.90 bits per heavy atom. The molecule has 0 unspecified atom stereocenters. The van der Waals surface area contributed by atoms with Crippen molar-refractivity contribution >= 4 is 11.5 Å². The number of aromatic carboxylic acids is 1. The number of carboxylic acids is 1. The third-order valence-electron chi connectivity index (χ3n) is 3.73. The van der Waals surface area contributed by atoms with E-state index in [1.54, 1.807) is 18.2 Å². The molecule has 0 saturated heterocycles. The first-order valence-electron chi connectivity index (χ1n) is 6.84. The fourth-order valence-electron chi connectivity index (χ4n) is 2.61. The Morgan fingerprint density at radius 1 is 1.10 bits per heavy atom. The number of aryl methyl sites for hydroxylation is 2. The number of carboxylic acid groups (broad SMARTS) is 1. The molecule has 0 aromatic heterocycles. The Morgan fingerprint density at radius 3 is 2.67 bits per heavy atom. The van der Waals surface area contributed by atoms with Gasteiger partial charge in [0.1, 0.15) is 12.4 Å². The molecule has 0 fully saturated rings. The monoisotopic (exact) mass is 280 g/mol. The van der Waals surface area contributed by atoms with E-state index in [4.69, 9.17) is 4.74 Å². The molecule has 1 heterocycles. The van der Waals surface area contributed by atoms with E-state index in [0.717, 1.165) is 22.4 Å². The molecular formula is C18H16O3. The lowest BCUT2D eigenvalue weighted by Crippen LogP contribution is -2.08. The van der Waals surface area contributed by atoms with Gasteiger partial charge in [0.2, 0.25) is 0 Å². The van der Waals surface area contributed by atoms with Crippen molar-refractivity contribution in [2.45, 2.75) is 13.8 Å². The minimum atomic E-state index is -0.927. The summed E-state index contributed by atoms with van der Waals surface area (Å²) < 4.78 is 5.61. The molecule has 1 aliphatic rings. The van der Waals surface area contributed by atoms with Crippen LogP contribution in [-0.4, -0.2) is 17.7 Å². The second-order valence-corrected chi connectivity index (χ2v) is 5.26. The van der Waals surface area contributed by atoms with Crippen LogP contribution >= 0.6 is 0 Å². The Kier molecular flexibility index (Phi) is 3.26. The maximum atomic E-state index is 11.2. The van der Waals surface area contributed by atoms with Crippen LogP contribution in [0.5, 0.6) is 5.75 Å². The van der Waals surface area contributed by atoms with Crippen LogP contribution in [0.4, 0.5) is 0 Å². The van der Waals surface area contributed by atoms with Crippen LogP contribution in [0.15, 0.2) is 42.5 Å². The van der Waals surface area contributed by atoms with Crippen molar-refractivity contribution in [3.05, 3.63) is 70.3 Å². The molecule has 21 heavy (non-hydrogen) atoms. The molecule has 3 nitrogen and oxygen atoms in total. The molecule has 0 amide bonds. The summed E-state index contributed by atoms with van der Waals surface area (Å²) in [5, 5.41) is 9.18. The summed E-state index contributed by atoms with van der Waals surface area (Å²) in [5.74, 6) is -0.193. The van der Waals surface area contributed by atoms with Gasteiger partial charge in [0.25, 0.3) is 0 Å². The first-order valence-corrected chi connectivity index (χ1v) is 6.84. The second-order valence-electron chi connectivity index (χ2n) is 5.26. The molecule has 0 spiro atoms. The average Bonchev–Trinajstić information content (AvgIpc) is 2.48. The number of hydrogen-bond donors (Lipinski definition) is 1. The summed E-state index contributed by atoms with van der Waals surface area (Å²) in [6.07, 6.45) is 2.01. The van der Waals surface area contributed by atoms with Gasteiger partial charge in [0.15, 0.2) is 0 Å². The Bertz CT molecular complexity index is 757. The molecule has 3 rings (SSSR count). The van der Waals surface area contributed by atoms with Crippen LogP contribution in [-0.2, 0) is 0 Å². The molecule has 0 atom stereocenters. The van der Waals surface area contributed by atoms with E-state index in [0.29, 0.717) is 6.61 Å². The van der Waals surface area contributed by atoms with Gasteiger partial charge in [-0.15, -0.1) is 0 Å². The first-order chi connectivity index (χ1) is 10.1. The lowest BCUT2D eigenvalue weighted by Gasteiger charge is -2.21. The summed E-state index contributed by atoms with van der Waals surface area (Å²) in [5.41, 5.74) is 5.63. The molecule has 1 aliphatic heterocycles. The predicted octanol–water partition coefficient (Wildman–Crippen LogP) is 3.83. The SMILES string of the molecule is Cc1ccc(C)c(C2=CCOc3ccc(C(=O)O)cc32)c1. The number of hydrogen-bond acceptors (Lipinski definition) is 2. The summed E-state index contributed by atoms with van der Waals surface area (Å²) in [6.45, 7) is 4.62. The highest BCUT2D eigenvalue weighted by Gasteiger charge is 2.18. The molecule has 0 radical (unpaired) electrons. The standard InChI is InChI=1S/C18H16O3/c1-11-3-4-12(2)15(9-11)14-7-8-21-17-6-5-13(18(19)20)10-16(14)17/h3-7,9-10H,8H2,1-2H3,(H,19,20). The number of benzene rings is 2. The molecule has 1 N–H and O–H groups in total. The van der Waals surface area contributed by atoms with Crippen molar-refractivity contribution < 1.29 is 14.6 Å². The molecular weight excluding hydrogens is 264 g/mol. The van der Waals surface area contributed by atoms with E-state index in [2.05, 4.69) is 32.0 Å². The van der Waals surface area contributed by atoms with E-state index in [1.807, 2.05) is 6.08 Å². The zero-order chi connectivity index (χ0) is 15.0. The molecule has 3 heteroatoms. The number of fused-ring (bicyclic) bond motifs is 1. The quantitative estimate of drug-likeness (QED) is 0.909. The fraction of sp³-hybridized carbons (Fsp3) is 0.167. The highest BCUT2D eigenvalue weighted by Crippen LogP contribution is 2.36. The molecule has 0 bridgehead atoms. The van der Waals surface area contributed by atoms with Gasteiger partial charge in [0, 0.05) is 5.56 Å². The minimum absolute atomic E-state index is 0.274. The van der Waals surface area contributed by atoms with Gasteiger partial charge >= 0.3 is 5.97 Å². The number of rotatable bonds is 2. The van der Waals surface area contributed by atoms with Crippen LogP contribution < -0.4 is 4.74 Å². The van der Waals surface area contributed by atoms with Crippen molar-refractivity contribution in [1.82, 2.24) is 0 Å². The van der Waals surface area contributed by atoms with Crippen molar-refractivity contribution in [3.63, 3.8) is 0 Å². The van der Waals surface area contributed by atoms with Gasteiger partial charge in [0.05, 0.1) is 5.56 Å². The van der Waals surface area contributed by atoms with E-state index in [1.165, 1.54) is 11.1 Å². The Balaban J connectivity index is 2.18. The zero-order valence-corrected chi connectivity index (χ0v) is 12.0. The van der Waals surface area contributed by atoms with Gasteiger partial charge in [-0.25, -0.2) is 4.79 Å². The van der Waals surface area contributed by atoms with Crippen molar-refractivity contribution in [1.29, 1.82) is 0 Å². The highest BCUT2D eigenvalue weighted by atomic mass is 16.5. The summed E-state index contributed by atoms with van der Waals surface area (Å²) in [7, 11) is 0. The predicted molar refractivity (Wildman–Crippen MR) is 81.9 cm³/mol. The highest BCUT2D eigenvalue weighted by molar-refractivity contribution is 5.92. The Hall–Kier alpha value is -2.55. The normalized spacial score (nSPS) is 13.1. The summed E-state index contributed by atoms with van der Waals surface area (Å²) in [4.78, 5) is 11.2. The number of ether oxygens (including phenoxy) is 1. The molecule has 2 aromatic carbocycles. The third kappa shape index (κ3) is 2.42. The van der Waals surface area contributed by atoms with E-state index >= 15 is 0 Å². The van der Waals surface area contributed by atoms with Crippen LogP contribution in [0.2, 0.25) is 0 Å². The zero-order valence-electron chi connectivity index (χ0n) is 12.0. The molecule has 106 valence electrons. The van der Waals surface area contributed by atoms with Crippen molar-refractivity contribution in [2.75, 3.05) is 6.61 Å². The lowest BCUT2D eigenvalue weighted by molar-refractivity contribution is 0.0697. The van der Waals surface area contributed by atoms with Crippen LogP contribution in [0.3, 0.4) is 0 Å². The van der Waals surface area contributed by atoms with Gasteiger partial charge in [-0.2, -0.15) is 0 Å². The van der Waals surface area contributed by atoms with Crippen molar-refractivity contribution in [2.24, 2.45) is 0 Å². The van der Waals surface area contributed by atoms with Gasteiger partial charge in [-0.3, -0.25) is 0 Å². The van der Waals surface area contributed by atoms with Crippen LogP contribution in [0.1, 0.15) is 32.6 Å². The molecule has 0 aliphatic carbocycles. The van der Waals surface area contributed by atoms with E-state index in [9.17, 15) is 9.90 Å². The topological polar surface area (TPSA) is 46.5 Å². The Labute approximate surface area is 123 Å². The maximum absolute atomic E-state index is 11.2. The smallest absolute Gasteiger partial charge is 0.335 e. The van der Waals surface area contributed by atoms with Gasteiger partial charge < -0.3 is 9.84 Å². The maximum Gasteiger partial charge on any atom is 0.335 e. The van der Waals surface area contributed by atoms with E-state index in [-0.39, 0.29) is 5.56 Å². The number of carbonyl (C=O) groups is 1. The third-order valence-corrected chi connectivity index (χ3v) is 3.73. The summed E-state index contributed by atoms with van der Waals surface area (Å²) in [6, 6.07) is 11.3. The minimum Gasteiger partial charge on any atom is -0.489 e. The largest absolute Gasteiger partial charge is 0.489 e. The second kappa shape index (κ2) is 5.09. The first kappa shape index (κ1) is 13.4. The van der Waals surface area contributed by atoms with Crippen LogP contribution in [0, 0.1) is 13.8 Å². The molecule has 0 saturated carbocycles. The fourth-order valence-corrected chi connectivity index (χ4v) is 2.61.